The number of carbonyl (C=O) groups excluding carboxylic acids is 1. The molecule has 1 fully saturated rings. The Morgan fingerprint density at radius 1 is 1.53 bits per heavy atom. The van der Waals surface area contributed by atoms with Crippen LogP contribution in [0.1, 0.15) is 12.5 Å². The third kappa shape index (κ3) is 1.96. The SMILES string of the molecule is O=C1NCCC1n1cnnc1-n1[c-]nnn1.[Ir]. The molecule has 1 atom stereocenters. The Morgan fingerprint density at radius 2 is 2.41 bits per heavy atom. The van der Waals surface area contributed by atoms with Crippen LogP contribution in [0, 0.1) is 6.33 Å². The normalized spacial score (nSPS) is 18.8. The van der Waals surface area contributed by atoms with Crippen LogP contribution in [0.3, 0.4) is 0 Å². The molecule has 1 amide bonds. The second-order valence-corrected chi connectivity index (χ2v) is 3.32. The van der Waals surface area contributed by atoms with Gasteiger partial charge in [0.25, 0.3) is 0 Å². The van der Waals surface area contributed by atoms with Gasteiger partial charge in [0.15, 0.2) is 0 Å². The fourth-order valence-electron chi connectivity index (χ4n) is 1.68. The Morgan fingerprint density at radius 3 is 3.06 bits per heavy atom. The third-order valence-electron chi connectivity index (χ3n) is 2.41. The molecule has 1 saturated heterocycles. The van der Waals surface area contributed by atoms with E-state index in [4.69, 9.17) is 0 Å². The van der Waals surface area contributed by atoms with Crippen LogP contribution in [0.2, 0.25) is 0 Å². The van der Waals surface area contributed by atoms with E-state index < -0.39 is 0 Å². The van der Waals surface area contributed by atoms with Crippen molar-refractivity contribution in [3.63, 3.8) is 0 Å². The summed E-state index contributed by atoms with van der Waals surface area (Å²) in [6, 6.07) is -0.303. The van der Waals surface area contributed by atoms with Crippen LogP contribution < -0.4 is 5.32 Å². The average Bonchev–Trinajstić information content (AvgIpc) is 2.95. The largest absolute Gasteiger partial charge is 0.366 e. The van der Waals surface area contributed by atoms with Gasteiger partial charge in [0.05, 0.1) is 5.95 Å². The molecule has 0 aliphatic carbocycles. The molecule has 1 radical (unpaired) electrons. The van der Waals surface area contributed by atoms with Crippen LogP contribution in [0.25, 0.3) is 5.95 Å². The first-order valence-corrected chi connectivity index (χ1v) is 4.70. The van der Waals surface area contributed by atoms with Gasteiger partial charge in [-0.3, -0.25) is 4.79 Å². The van der Waals surface area contributed by atoms with Gasteiger partial charge in [0.2, 0.25) is 5.91 Å². The minimum Gasteiger partial charge on any atom is -0.366 e. The molecule has 0 aromatic carbocycles. The minimum absolute atomic E-state index is 0. The van der Waals surface area contributed by atoms with Gasteiger partial charge in [-0.05, 0) is 18.0 Å². The second kappa shape index (κ2) is 4.68. The van der Waals surface area contributed by atoms with E-state index in [0.29, 0.717) is 18.9 Å². The smallest absolute Gasteiger partial charge is 0.241 e. The van der Waals surface area contributed by atoms with Gasteiger partial charge in [0.1, 0.15) is 12.4 Å². The van der Waals surface area contributed by atoms with E-state index in [-0.39, 0.29) is 32.1 Å². The number of aromatic nitrogens is 7. The maximum absolute atomic E-state index is 11.5. The van der Waals surface area contributed by atoms with Crippen molar-refractivity contribution in [1.29, 1.82) is 0 Å². The van der Waals surface area contributed by atoms with Crippen molar-refractivity contribution in [2.75, 3.05) is 6.54 Å². The van der Waals surface area contributed by atoms with Crippen LogP contribution in [0.15, 0.2) is 6.33 Å². The van der Waals surface area contributed by atoms with Crippen LogP contribution in [-0.4, -0.2) is 47.4 Å². The maximum atomic E-state index is 11.5. The van der Waals surface area contributed by atoms with Gasteiger partial charge in [-0.25, -0.2) is 10.2 Å². The number of nitrogens with zero attached hydrogens (tertiary/aromatic N) is 7. The Kier molecular flexibility index (Phi) is 3.25. The van der Waals surface area contributed by atoms with Crippen LogP contribution in [-0.2, 0) is 24.9 Å². The fraction of sp³-hybridized carbons (Fsp3) is 0.429. The zero-order valence-corrected chi connectivity index (χ0v) is 10.8. The molecule has 3 rings (SSSR count). The van der Waals surface area contributed by atoms with Crippen molar-refractivity contribution in [1.82, 2.24) is 40.3 Å². The summed E-state index contributed by atoms with van der Waals surface area (Å²) in [4.78, 5) is 11.5. The van der Waals surface area contributed by atoms with E-state index in [0.717, 1.165) is 0 Å². The quantitative estimate of drug-likeness (QED) is 0.580. The van der Waals surface area contributed by atoms with Gasteiger partial charge >= 0.3 is 0 Å². The Labute approximate surface area is 109 Å². The van der Waals surface area contributed by atoms with Crippen molar-refractivity contribution in [2.45, 2.75) is 12.5 Å². The molecule has 2 aromatic heterocycles. The molecule has 0 saturated carbocycles. The van der Waals surface area contributed by atoms with Crippen molar-refractivity contribution in [2.24, 2.45) is 0 Å². The molecule has 17 heavy (non-hydrogen) atoms. The van der Waals surface area contributed by atoms with E-state index in [9.17, 15) is 4.79 Å². The van der Waals surface area contributed by atoms with Crippen LogP contribution >= 0.6 is 0 Å². The Bertz CT molecular complexity index is 508. The van der Waals surface area contributed by atoms with Gasteiger partial charge in [-0.15, -0.1) is 0 Å². The molecule has 1 N–H and O–H groups in total. The van der Waals surface area contributed by atoms with E-state index in [1.165, 1.54) is 11.0 Å². The zero-order chi connectivity index (χ0) is 11.0. The predicted octanol–water partition coefficient (Wildman–Crippen LogP) is -1.89. The third-order valence-corrected chi connectivity index (χ3v) is 2.41. The minimum atomic E-state index is -0.303. The summed E-state index contributed by atoms with van der Waals surface area (Å²) >= 11 is 0. The Balaban J connectivity index is 0.00000108. The molecule has 1 aliphatic heterocycles. The molecule has 2 aromatic rings. The van der Waals surface area contributed by atoms with Crippen molar-refractivity contribution < 1.29 is 24.9 Å². The molecule has 1 aliphatic rings. The Hall–Kier alpha value is -1.67. The van der Waals surface area contributed by atoms with Crippen LogP contribution in [0.4, 0.5) is 0 Å². The number of rotatable bonds is 2. The summed E-state index contributed by atoms with van der Waals surface area (Å²) in [6.07, 6.45) is 4.69. The van der Waals surface area contributed by atoms with E-state index in [2.05, 4.69) is 37.4 Å². The van der Waals surface area contributed by atoms with Crippen molar-refractivity contribution in [3.8, 4) is 5.95 Å². The monoisotopic (exact) mass is 412 g/mol. The number of carbonyl (C=O) groups is 1. The van der Waals surface area contributed by atoms with Gasteiger partial charge in [-0.1, -0.05) is 5.21 Å². The molecule has 0 spiro atoms. The molecule has 0 bridgehead atoms. The molecule has 1 unspecified atom stereocenters. The first kappa shape index (κ1) is 11.8. The second-order valence-electron chi connectivity index (χ2n) is 3.32. The van der Waals surface area contributed by atoms with Gasteiger partial charge in [-0.2, -0.15) is 5.10 Å². The fourth-order valence-corrected chi connectivity index (χ4v) is 1.68. The van der Waals surface area contributed by atoms with Crippen molar-refractivity contribution in [3.05, 3.63) is 12.7 Å². The summed E-state index contributed by atoms with van der Waals surface area (Å²) in [5.74, 6) is 0.334. The molecule has 9 nitrogen and oxygen atoms in total. The standard InChI is InChI=1S/C7H7N8O.Ir/c16-6-5(1-2-8-6)14-3-9-11-7(14)15-4-10-12-13-15;/h3,5H,1-2H2,(H,8,16);/q-1;. The molecular formula is C7H7IrN8O-. The summed E-state index contributed by atoms with van der Waals surface area (Å²) in [5.41, 5.74) is 0. The van der Waals surface area contributed by atoms with Crippen molar-refractivity contribution >= 4 is 5.91 Å². The van der Waals surface area contributed by atoms with E-state index in [1.807, 2.05) is 0 Å². The summed E-state index contributed by atoms with van der Waals surface area (Å²) in [6.45, 7) is 0.653. The number of tetrazole rings is 1. The topological polar surface area (TPSA) is 103 Å². The van der Waals surface area contributed by atoms with Crippen LogP contribution in [0.5, 0.6) is 0 Å². The molecule has 10 heteroatoms. The van der Waals surface area contributed by atoms with E-state index >= 15 is 0 Å². The number of nitrogens with one attached hydrogen (secondary N) is 1. The first-order chi connectivity index (χ1) is 7.86. The first-order valence-electron chi connectivity index (χ1n) is 4.70. The van der Waals surface area contributed by atoms with Gasteiger partial charge in [0, 0.05) is 26.7 Å². The summed E-state index contributed by atoms with van der Waals surface area (Å²) in [7, 11) is 0. The molecule has 91 valence electrons. The number of amides is 1. The molecular weight excluding hydrogens is 404 g/mol. The zero-order valence-electron chi connectivity index (χ0n) is 8.44. The summed E-state index contributed by atoms with van der Waals surface area (Å²) in [5, 5.41) is 20.9. The van der Waals surface area contributed by atoms with E-state index in [1.54, 1.807) is 4.57 Å². The van der Waals surface area contributed by atoms with Gasteiger partial charge < -0.3 is 14.6 Å². The number of hydrogen-bond acceptors (Lipinski definition) is 6. The number of hydrogen-bond donors (Lipinski definition) is 1. The predicted molar refractivity (Wildman–Crippen MR) is 48.2 cm³/mol. The molecule has 3 heterocycles. The average molecular weight is 411 g/mol. The summed E-state index contributed by atoms with van der Waals surface area (Å²) < 4.78 is 2.88. The maximum Gasteiger partial charge on any atom is 0.241 e.